The molecule has 0 saturated carbocycles. The highest BCUT2D eigenvalue weighted by Gasteiger charge is 2.23. The highest BCUT2D eigenvalue weighted by molar-refractivity contribution is 5.91. The number of pyridine rings is 1. The van der Waals surface area contributed by atoms with Gasteiger partial charge in [-0.3, -0.25) is 9.48 Å². The van der Waals surface area contributed by atoms with Crippen molar-refractivity contribution < 1.29 is 18.0 Å². The lowest BCUT2D eigenvalue weighted by atomic mass is 10.1. The predicted molar refractivity (Wildman–Crippen MR) is 131 cm³/mol. The SMILES string of the molecule is Cc1cccc(Cn2nc(NC(=O)Cn3nc(C)c4c(C(F)F)cc(-c5ccco5)nc43)cc2C)c1. The van der Waals surface area contributed by atoms with Gasteiger partial charge < -0.3 is 9.73 Å². The minimum atomic E-state index is -2.74. The fraction of sp³-hybridized carbons (Fsp3) is 0.231. The molecule has 0 fully saturated rings. The monoisotopic (exact) mass is 490 g/mol. The van der Waals surface area contributed by atoms with Gasteiger partial charge in [-0.05, 0) is 44.5 Å². The molecule has 1 aromatic carbocycles. The number of aromatic nitrogens is 5. The van der Waals surface area contributed by atoms with Gasteiger partial charge in [0.25, 0.3) is 6.43 Å². The number of nitrogens with one attached hydrogen (secondary N) is 1. The summed E-state index contributed by atoms with van der Waals surface area (Å²) in [6.07, 6.45) is -1.30. The van der Waals surface area contributed by atoms with Crippen molar-refractivity contribution >= 4 is 22.8 Å². The van der Waals surface area contributed by atoms with E-state index in [1.54, 1.807) is 25.1 Å². The van der Waals surface area contributed by atoms with Crippen molar-refractivity contribution in [3.8, 4) is 11.5 Å². The van der Waals surface area contributed by atoms with Crippen LogP contribution in [0.25, 0.3) is 22.5 Å². The number of anilines is 1. The largest absolute Gasteiger partial charge is 0.463 e. The van der Waals surface area contributed by atoms with E-state index in [4.69, 9.17) is 4.42 Å². The molecule has 5 aromatic rings. The van der Waals surface area contributed by atoms with Crippen LogP contribution in [0.3, 0.4) is 0 Å². The van der Waals surface area contributed by atoms with E-state index in [9.17, 15) is 13.6 Å². The van der Waals surface area contributed by atoms with Crippen LogP contribution in [0.2, 0.25) is 0 Å². The molecule has 1 amide bonds. The number of alkyl halides is 2. The molecule has 4 aromatic heterocycles. The quantitative estimate of drug-likeness (QED) is 0.328. The molecule has 0 aliphatic rings. The smallest absolute Gasteiger partial charge is 0.264 e. The first-order chi connectivity index (χ1) is 17.3. The number of fused-ring (bicyclic) bond motifs is 1. The van der Waals surface area contributed by atoms with Crippen molar-refractivity contribution in [1.29, 1.82) is 0 Å². The molecule has 5 rings (SSSR count). The number of hydrogen-bond acceptors (Lipinski definition) is 5. The molecule has 4 heterocycles. The number of furan rings is 1. The fourth-order valence-corrected chi connectivity index (χ4v) is 4.25. The lowest BCUT2D eigenvalue weighted by Crippen LogP contribution is -2.20. The first-order valence-corrected chi connectivity index (χ1v) is 11.4. The second-order valence-electron chi connectivity index (χ2n) is 8.68. The van der Waals surface area contributed by atoms with E-state index in [2.05, 4.69) is 26.6 Å². The Morgan fingerprint density at radius 2 is 1.89 bits per heavy atom. The second-order valence-corrected chi connectivity index (χ2v) is 8.68. The molecule has 36 heavy (non-hydrogen) atoms. The highest BCUT2D eigenvalue weighted by Crippen LogP contribution is 2.33. The van der Waals surface area contributed by atoms with Crippen molar-refractivity contribution in [2.75, 3.05) is 5.32 Å². The Bertz CT molecular complexity index is 1550. The first-order valence-electron chi connectivity index (χ1n) is 11.4. The molecular formula is C26H24F2N6O2. The Balaban J connectivity index is 1.40. The Morgan fingerprint density at radius 3 is 2.61 bits per heavy atom. The number of halogens is 2. The number of carbonyl (C=O) groups is 1. The topological polar surface area (TPSA) is 90.8 Å². The minimum Gasteiger partial charge on any atom is -0.463 e. The zero-order chi connectivity index (χ0) is 25.4. The third-order valence-corrected chi connectivity index (χ3v) is 5.87. The Labute approximate surface area is 205 Å². The summed E-state index contributed by atoms with van der Waals surface area (Å²) >= 11 is 0. The molecule has 1 N–H and O–H groups in total. The molecule has 0 aliphatic carbocycles. The maximum atomic E-state index is 13.9. The third kappa shape index (κ3) is 4.61. The average molecular weight is 491 g/mol. The molecule has 0 atom stereocenters. The van der Waals surface area contributed by atoms with Gasteiger partial charge in [-0.25, -0.2) is 18.4 Å². The van der Waals surface area contributed by atoms with Gasteiger partial charge in [-0.2, -0.15) is 10.2 Å². The molecule has 0 saturated heterocycles. The van der Waals surface area contributed by atoms with Crippen LogP contribution >= 0.6 is 0 Å². The molecule has 10 heteroatoms. The molecule has 0 aliphatic heterocycles. The maximum absolute atomic E-state index is 13.9. The van der Waals surface area contributed by atoms with Crippen molar-refractivity contribution in [3.05, 3.63) is 82.9 Å². The van der Waals surface area contributed by atoms with Crippen LogP contribution in [0.4, 0.5) is 14.6 Å². The summed E-state index contributed by atoms with van der Waals surface area (Å²) in [6.45, 7) is 5.91. The van der Waals surface area contributed by atoms with E-state index in [0.717, 1.165) is 16.8 Å². The zero-order valence-electron chi connectivity index (χ0n) is 20.0. The summed E-state index contributed by atoms with van der Waals surface area (Å²) in [4.78, 5) is 17.4. The minimum absolute atomic E-state index is 0.188. The van der Waals surface area contributed by atoms with Gasteiger partial charge in [0.05, 0.1) is 23.9 Å². The van der Waals surface area contributed by atoms with E-state index in [0.29, 0.717) is 23.8 Å². The second kappa shape index (κ2) is 9.37. The molecule has 0 spiro atoms. The summed E-state index contributed by atoms with van der Waals surface area (Å²) < 4.78 is 36.3. The number of hydrogen-bond donors (Lipinski definition) is 1. The maximum Gasteiger partial charge on any atom is 0.264 e. The zero-order valence-corrected chi connectivity index (χ0v) is 20.0. The predicted octanol–water partition coefficient (Wildman–Crippen LogP) is 5.44. The van der Waals surface area contributed by atoms with Gasteiger partial charge in [0.2, 0.25) is 5.91 Å². The number of rotatable bonds is 7. The van der Waals surface area contributed by atoms with Crippen LogP contribution in [-0.2, 0) is 17.9 Å². The third-order valence-electron chi connectivity index (χ3n) is 5.87. The number of amides is 1. The number of aryl methyl sites for hydroxylation is 3. The Kier molecular flexibility index (Phi) is 6.09. The van der Waals surface area contributed by atoms with E-state index >= 15 is 0 Å². The van der Waals surface area contributed by atoms with Crippen LogP contribution in [0.5, 0.6) is 0 Å². The van der Waals surface area contributed by atoms with E-state index in [-0.39, 0.29) is 28.8 Å². The van der Waals surface area contributed by atoms with Gasteiger partial charge in [0.15, 0.2) is 17.2 Å². The molecule has 0 bridgehead atoms. The number of nitrogens with zero attached hydrogens (tertiary/aromatic N) is 5. The van der Waals surface area contributed by atoms with Gasteiger partial charge in [0.1, 0.15) is 12.2 Å². The number of benzene rings is 1. The first kappa shape index (κ1) is 23.4. The Hall–Kier alpha value is -4.34. The van der Waals surface area contributed by atoms with Gasteiger partial charge in [0, 0.05) is 17.3 Å². The molecular weight excluding hydrogens is 466 g/mol. The normalized spacial score (nSPS) is 11.5. The summed E-state index contributed by atoms with van der Waals surface area (Å²) in [6, 6.07) is 14.5. The standard InChI is InChI=1S/C26H24F2N6O2/c1-15-6-4-7-18(10-15)13-33-16(2)11-22(32-33)30-23(35)14-34-26-24(17(3)31-34)19(25(27)28)12-20(29-26)21-8-5-9-36-21/h4-12,25H,13-14H2,1-3H3,(H,30,32,35). The van der Waals surface area contributed by atoms with Gasteiger partial charge >= 0.3 is 0 Å². The lowest BCUT2D eigenvalue weighted by Gasteiger charge is -2.07. The summed E-state index contributed by atoms with van der Waals surface area (Å²) in [5.41, 5.74) is 3.74. The molecule has 184 valence electrons. The van der Waals surface area contributed by atoms with Gasteiger partial charge in [-0.15, -0.1) is 0 Å². The number of carbonyl (C=O) groups excluding carboxylic acids is 1. The summed E-state index contributed by atoms with van der Waals surface area (Å²) in [5.74, 6) is 0.350. The van der Waals surface area contributed by atoms with Crippen LogP contribution in [0.15, 0.2) is 59.2 Å². The fourth-order valence-electron chi connectivity index (χ4n) is 4.25. The summed E-state index contributed by atoms with van der Waals surface area (Å²) in [7, 11) is 0. The van der Waals surface area contributed by atoms with Crippen LogP contribution in [-0.4, -0.2) is 30.5 Å². The molecule has 8 nitrogen and oxygen atoms in total. The van der Waals surface area contributed by atoms with Crippen LogP contribution in [0.1, 0.15) is 34.5 Å². The summed E-state index contributed by atoms with van der Waals surface area (Å²) in [5, 5.41) is 11.8. The van der Waals surface area contributed by atoms with E-state index in [1.807, 2.05) is 36.7 Å². The van der Waals surface area contributed by atoms with Gasteiger partial charge in [-0.1, -0.05) is 29.8 Å². The molecule has 0 radical (unpaired) electrons. The average Bonchev–Trinajstić information content (AvgIpc) is 3.54. The van der Waals surface area contributed by atoms with Crippen molar-refractivity contribution in [2.45, 2.75) is 40.3 Å². The molecule has 0 unspecified atom stereocenters. The van der Waals surface area contributed by atoms with Crippen molar-refractivity contribution in [1.82, 2.24) is 24.5 Å². The van der Waals surface area contributed by atoms with Crippen LogP contribution < -0.4 is 5.32 Å². The highest BCUT2D eigenvalue weighted by atomic mass is 19.3. The Morgan fingerprint density at radius 1 is 1.06 bits per heavy atom. The van der Waals surface area contributed by atoms with Crippen LogP contribution in [0, 0.1) is 20.8 Å². The van der Waals surface area contributed by atoms with E-state index in [1.165, 1.54) is 17.0 Å². The van der Waals surface area contributed by atoms with Crippen molar-refractivity contribution in [2.24, 2.45) is 0 Å². The lowest BCUT2D eigenvalue weighted by molar-refractivity contribution is -0.116. The van der Waals surface area contributed by atoms with E-state index < -0.39 is 12.3 Å². The van der Waals surface area contributed by atoms with Crippen molar-refractivity contribution in [3.63, 3.8) is 0 Å².